The summed E-state index contributed by atoms with van der Waals surface area (Å²) in [4.78, 5) is 27.5. The van der Waals surface area contributed by atoms with Crippen LogP contribution in [0.2, 0.25) is 5.02 Å². The van der Waals surface area contributed by atoms with Gasteiger partial charge in [0.05, 0.1) is 19.0 Å². The van der Waals surface area contributed by atoms with E-state index in [4.69, 9.17) is 26.4 Å². The summed E-state index contributed by atoms with van der Waals surface area (Å²) >= 11 is 6.75. The molecule has 34 heavy (non-hydrogen) atoms. The molecule has 0 saturated carbocycles. The molecule has 1 aromatic heterocycles. The van der Waals surface area contributed by atoms with Crippen molar-refractivity contribution in [1.29, 1.82) is 0 Å². The Kier molecular flexibility index (Phi) is 8.61. The van der Waals surface area contributed by atoms with Crippen molar-refractivity contribution in [3.8, 4) is 5.75 Å². The van der Waals surface area contributed by atoms with Crippen LogP contribution in [0, 0.1) is 0 Å². The molecule has 0 bridgehead atoms. The first-order chi connectivity index (χ1) is 16.0. The summed E-state index contributed by atoms with van der Waals surface area (Å²) < 4.78 is 44.8. The maximum absolute atomic E-state index is 14.8. The van der Waals surface area contributed by atoms with Gasteiger partial charge < -0.3 is 20.1 Å². The number of thioether (sulfide) groups is 1. The number of benzene rings is 1. The van der Waals surface area contributed by atoms with E-state index in [0.717, 1.165) is 23.4 Å². The van der Waals surface area contributed by atoms with Gasteiger partial charge >= 0.3 is 19.4 Å². The molecule has 2 heterocycles. The minimum absolute atomic E-state index is 0.0221. The molecular formula is C19H23ClFN4O7PS. The number of carbonyl (C=O) groups is 1. The van der Waals surface area contributed by atoms with Gasteiger partial charge in [-0.15, -0.1) is 11.8 Å². The van der Waals surface area contributed by atoms with Gasteiger partial charge in [-0.1, -0.05) is 11.6 Å². The number of carbonyl (C=O) groups excluding carboxylic acids is 1. The minimum Gasteiger partial charge on any atom is -0.468 e. The number of aromatic nitrogens is 2. The monoisotopic (exact) mass is 536 g/mol. The van der Waals surface area contributed by atoms with Crippen LogP contribution < -0.4 is 21.0 Å². The van der Waals surface area contributed by atoms with Gasteiger partial charge in [-0.25, -0.2) is 13.8 Å². The third kappa shape index (κ3) is 6.29. The van der Waals surface area contributed by atoms with E-state index in [-0.39, 0.29) is 11.6 Å². The number of rotatable bonds is 9. The normalized spacial score (nSPS) is 24.9. The van der Waals surface area contributed by atoms with Crippen molar-refractivity contribution in [3.05, 3.63) is 52.0 Å². The van der Waals surface area contributed by atoms with E-state index in [1.807, 2.05) is 0 Å². The fraction of sp³-hybridized carbons (Fsp3) is 0.421. The fourth-order valence-electron chi connectivity index (χ4n) is 3.05. The molecule has 2 unspecified atom stereocenters. The van der Waals surface area contributed by atoms with Crippen LogP contribution in [0.3, 0.4) is 0 Å². The molecule has 6 atom stereocenters. The summed E-state index contributed by atoms with van der Waals surface area (Å²) in [5.74, 6) is -0.623. The average molecular weight is 537 g/mol. The molecule has 1 aliphatic rings. The lowest BCUT2D eigenvalue weighted by Crippen LogP contribution is -2.36. The van der Waals surface area contributed by atoms with Crippen molar-refractivity contribution in [1.82, 2.24) is 14.6 Å². The predicted molar refractivity (Wildman–Crippen MR) is 124 cm³/mol. The average Bonchev–Trinajstić information content (AvgIpc) is 3.07. The maximum Gasteiger partial charge on any atom is 0.459 e. The number of aliphatic hydroxyl groups excluding tert-OH is 1. The van der Waals surface area contributed by atoms with Crippen molar-refractivity contribution in [3.63, 3.8) is 0 Å². The molecule has 15 heteroatoms. The molecule has 1 saturated heterocycles. The zero-order valence-corrected chi connectivity index (χ0v) is 20.5. The van der Waals surface area contributed by atoms with Crippen LogP contribution in [0.4, 0.5) is 10.2 Å². The Morgan fingerprint density at radius 3 is 2.71 bits per heavy atom. The van der Waals surface area contributed by atoms with Gasteiger partial charge in [0.2, 0.25) is 0 Å². The summed E-state index contributed by atoms with van der Waals surface area (Å²) in [6.07, 6.45) is -2.12. The largest absolute Gasteiger partial charge is 0.468 e. The second-order valence-corrected chi connectivity index (χ2v) is 10.7. The second kappa shape index (κ2) is 11.1. The zero-order valence-electron chi connectivity index (χ0n) is 18.0. The number of esters is 1. The van der Waals surface area contributed by atoms with E-state index >= 15 is 0 Å². The summed E-state index contributed by atoms with van der Waals surface area (Å²) in [5, 5.41) is 11.2. The molecule has 1 aliphatic heterocycles. The standard InChI is InChI=1S/C19H23ClFN4O7PS/c1-10(18(27)30-2)24-33(29,32-12-5-3-11(20)4-6-12)31-9-13-16(26)15(21)17(34-13)25-8-7-14(22)23-19(25)28/h3-8,10,13,15-17,26H,9H2,1-2H3,(H,24,29)(H2,22,23,28)/t10?,13-,15+,16-,17-,33?/m1/s1. The quantitative estimate of drug-likeness (QED) is 0.319. The van der Waals surface area contributed by atoms with Crippen LogP contribution >= 0.6 is 31.1 Å². The minimum atomic E-state index is -4.22. The van der Waals surface area contributed by atoms with Crippen LogP contribution in [-0.4, -0.2) is 57.9 Å². The van der Waals surface area contributed by atoms with Crippen LogP contribution in [-0.2, 0) is 18.6 Å². The molecule has 2 aromatic rings. The SMILES string of the molecule is COC(=O)C(C)NP(=O)(OC[C@H]1S[C@@H](n2ccc(N)nc2=O)[C@@H](F)[C@@H]1O)Oc1ccc(Cl)cc1. The van der Waals surface area contributed by atoms with Gasteiger partial charge in [0.1, 0.15) is 29.1 Å². The Labute approximate surface area is 203 Å². The number of nitrogens with one attached hydrogen (secondary N) is 1. The number of halogens is 2. The molecule has 1 aromatic carbocycles. The van der Waals surface area contributed by atoms with Crippen molar-refractivity contribution in [2.45, 2.75) is 35.9 Å². The second-order valence-electron chi connectivity index (χ2n) is 7.25. The molecular weight excluding hydrogens is 514 g/mol. The lowest BCUT2D eigenvalue weighted by Gasteiger charge is -2.24. The Morgan fingerprint density at radius 1 is 1.41 bits per heavy atom. The van der Waals surface area contributed by atoms with Gasteiger partial charge in [-0.2, -0.15) is 10.1 Å². The number of methoxy groups -OCH3 is 1. The molecule has 0 amide bonds. The molecule has 1 fully saturated rings. The maximum atomic E-state index is 14.8. The number of hydrogen-bond donors (Lipinski definition) is 3. The van der Waals surface area contributed by atoms with Crippen molar-refractivity contribution in [2.24, 2.45) is 0 Å². The molecule has 0 spiro atoms. The topological polar surface area (TPSA) is 155 Å². The Morgan fingerprint density at radius 2 is 2.09 bits per heavy atom. The Balaban J connectivity index is 1.76. The first-order valence-corrected chi connectivity index (χ1v) is 12.8. The van der Waals surface area contributed by atoms with Crippen LogP contribution in [0.15, 0.2) is 41.3 Å². The highest BCUT2D eigenvalue weighted by molar-refractivity contribution is 8.00. The number of alkyl halides is 1. The van der Waals surface area contributed by atoms with Crippen molar-refractivity contribution >= 4 is 42.9 Å². The molecule has 186 valence electrons. The summed E-state index contributed by atoms with van der Waals surface area (Å²) in [6.45, 7) is 0.950. The molecule has 0 aliphatic carbocycles. The number of aliphatic hydroxyl groups is 1. The van der Waals surface area contributed by atoms with E-state index in [1.165, 1.54) is 43.5 Å². The predicted octanol–water partition coefficient (Wildman–Crippen LogP) is 2.15. The van der Waals surface area contributed by atoms with Crippen molar-refractivity contribution < 1.29 is 32.6 Å². The van der Waals surface area contributed by atoms with E-state index in [1.54, 1.807) is 0 Å². The Bertz CT molecular complexity index is 1120. The highest BCUT2D eigenvalue weighted by Gasteiger charge is 2.46. The van der Waals surface area contributed by atoms with E-state index in [9.17, 15) is 23.7 Å². The first kappa shape index (κ1) is 26.5. The van der Waals surface area contributed by atoms with Crippen molar-refractivity contribution in [2.75, 3.05) is 19.5 Å². The van der Waals surface area contributed by atoms with Gasteiger partial charge in [0.15, 0.2) is 6.17 Å². The highest BCUT2D eigenvalue weighted by atomic mass is 35.5. The highest BCUT2D eigenvalue weighted by Crippen LogP contribution is 2.49. The smallest absolute Gasteiger partial charge is 0.459 e. The van der Waals surface area contributed by atoms with Crippen LogP contribution in [0.5, 0.6) is 5.75 Å². The number of anilines is 1. The van der Waals surface area contributed by atoms with Gasteiger partial charge in [-0.05, 0) is 37.3 Å². The molecule has 11 nitrogen and oxygen atoms in total. The van der Waals surface area contributed by atoms with E-state index < -0.39 is 55.0 Å². The lowest BCUT2D eigenvalue weighted by molar-refractivity contribution is -0.142. The zero-order chi connectivity index (χ0) is 25.0. The number of nitrogen functional groups attached to an aromatic ring is 1. The van der Waals surface area contributed by atoms with E-state index in [2.05, 4.69) is 14.8 Å². The van der Waals surface area contributed by atoms with Crippen LogP contribution in [0.25, 0.3) is 0 Å². The van der Waals surface area contributed by atoms with Gasteiger partial charge in [-0.3, -0.25) is 13.9 Å². The summed E-state index contributed by atoms with van der Waals surface area (Å²) in [5.41, 5.74) is 4.69. The Hall–Kier alpha value is -2.15. The number of ether oxygens (including phenoxy) is 1. The van der Waals surface area contributed by atoms with Gasteiger partial charge in [0, 0.05) is 11.2 Å². The molecule has 0 radical (unpaired) electrons. The number of hydrogen-bond acceptors (Lipinski definition) is 10. The third-order valence-corrected chi connectivity index (χ3v) is 8.20. The van der Waals surface area contributed by atoms with Crippen LogP contribution in [0.1, 0.15) is 12.3 Å². The lowest BCUT2D eigenvalue weighted by atomic mass is 10.1. The van der Waals surface area contributed by atoms with E-state index in [0.29, 0.717) is 5.02 Å². The molecule has 4 N–H and O–H groups in total. The summed E-state index contributed by atoms with van der Waals surface area (Å²) in [7, 11) is -3.06. The number of nitrogens with two attached hydrogens (primary N) is 1. The van der Waals surface area contributed by atoms with Gasteiger partial charge in [0.25, 0.3) is 0 Å². The third-order valence-electron chi connectivity index (χ3n) is 4.77. The molecule has 3 rings (SSSR count). The number of nitrogens with zero attached hydrogens (tertiary/aromatic N) is 2. The fourth-order valence-corrected chi connectivity index (χ4v) is 6.21. The summed E-state index contributed by atoms with van der Waals surface area (Å²) in [6, 6.07) is 6.13. The first-order valence-electron chi connectivity index (χ1n) is 9.90.